The zero-order chi connectivity index (χ0) is 19.4. The van der Waals surface area contributed by atoms with Gasteiger partial charge in [-0.15, -0.1) is 10.2 Å². The van der Waals surface area contributed by atoms with Gasteiger partial charge in [-0.3, -0.25) is 9.59 Å². The Balaban J connectivity index is 1.54. The first-order chi connectivity index (χ1) is 12.9. The predicted molar refractivity (Wildman–Crippen MR) is 101 cm³/mol. The lowest BCUT2D eigenvalue weighted by molar-refractivity contribution is -0.146. The van der Waals surface area contributed by atoms with E-state index >= 15 is 0 Å². The van der Waals surface area contributed by atoms with Gasteiger partial charge in [-0.05, 0) is 31.5 Å². The van der Waals surface area contributed by atoms with Gasteiger partial charge in [0.05, 0.1) is 0 Å². The van der Waals surface area contributed by atoms with Crippen LogP contribution in [0, 0.1) is 5.82 Å². The van der Waals surface area contributed by atoms with E-state index < -0.39 is 11.8 Å². The van der Waals surface area contributed by atoms with Gasteiger partial charge in [0.1, 0.15) is 10.8 Å². The smallest absolute Gasteiger partial charge is 0.312 e. The summed E-state index contributed by atoms with van der Waals surface area (Å²) in [5.41, 5.74) is 0.977. The molecule has 0 bridgehead atoms. The predicted octanol–water partition coefficient (Wildman–Crippen LogP) is 1.44. The molecular formula is C18H22FN5O2S. The number of aromatic nitrogens is 2. The molecule has 2 heterocycles. The van der Waals surface area contributed by atoms with Crippen molar-refractivity contribution in [3.63, 3.8) is 0 Å². The largest absolute Gasteiger partial charge is 0.346 e. The minimum Gasteiger partial charge on any atom is -0.346 e. The van der Waals surface area contributed by atoms with Crippen molar-refractivity contribution in [1.29, 1.82) is 0 Å². The van der Waals surface area contributed by atoms with E-state index in [9.17, 15) is 14.0 Å². The van der Waals surface area contributed by atoms with Gasteiger partial charge in [-0.2, -0.15) is 0 Å². The second kappa shape index (κ2) is 8.43. The van der Waals surface area contributed by atoms with Gasteiger partial charge in [0.2, 0.25) is 5.13 Å². The van der Waals surface area contributed by atoms with Crippen molar-refractivity contribution in [2.45, 2.75) is 26.3 Å². The zero-order valence-corrected chi connectivity index (χ0v) is 16.1. The van der Waals surface area contributed by atoms with E-state index in [1.165, 1.54) is 23.5 Å². The summed E-state index contributed by atoms with van der Waals surface area (Å²) in [5.74, 6) is -1.31. The van der Waals surface area contributed by atoms with Crippen molar-refractivity contribution in [2.75, 3.05) is 31.1 Å². The van der Waals surface area contributed by atoms with Gasteiger partial charge in [0.25, 0.3) is 0 Å². The van der Waals surface area contributed by atoms with Crippen LogP contribution in [0.25, 0.3) is 0 Å². The van der Waals surface area contributed by atoms with Crippen LogP contribution in [0.5, 0.6) is 0 Å². The summed E-state index contributed by atoms with van der Waals surface area (Å²) in [6.07, 6.45) is 0.603. The van der Waals surface area contributed by atoms with Crippen LogP contribution in [-0.4, -0.2) is 59.1 Å². The molecule has 1 aromatic carbocycles. The molecule has 7 nitrogen and oxygen atoms in total. The molecule has 0 aliphatic carbocycles. The highest BCUT2D eigenvalue weighted by atomic mass is 32.1. The molecule has 1 aliphatic rings. The number of anilines is 1. The third kappa shape index (κ3) is 5.00. The Kier molecular flexibility index (Phi) is 6.00. The quantitative estimate of drug-likeness (QED) is 0.798. The monoisotopic (exact) mass is 391 g/mol. The van der Waals surface area contributed by atoms with Crippen LogP contribution >= 0.6 is 11.3 Å². The number of piperazine rings is 1. The topological polar surface area (TPSA) is 78.4 Å². The number of hydrogen-bond acceptors (Lipinski definition) is 6. The average Bonchev–Trinajstić information content (AvgIpc) is 3.11. The van der Waals surface area contributed by atoms with E-state index in [1.54, 1.807) is 17.0 Å². The molecule has 0 saturated carbocycles. The van der Waals surface area contributed by atoms with E-state index in [0.717, 1.165) is 15.7 Å². The maximum atomic E-state index is 13.0. The lowest BCUT2D eigenvalue weighted by atomic mass is 10.2. The SMILES string of the molecule is CC(C)NC(=O)C(=O)N1CCN(c2nnc(Cc3ccc(F)cc3)s2)CC1. The minimum atomic E-state index is -0.559. The van der Waals surface area contributed by atoms with Crippen molar-refractivity contribution in [3.05, 3.63) is 40.7 Å². The molecular weight excluding hydrogens is 369 g/mol. The van der Waals surface area contributed by atoms with Gasteiger partial charge in [0.15, 0.2) is 0 Å². The molecule has 2 amide bonds. The molecule has 1 N–H and O–H groups in total. The first-order valence-electron chi connectivity index (χ1n) is 8.84. The molecule has 0 spiro atoms. The molecule has 9 heteroatoms. The van der Waals surface area contributed by atoms with Gasteiger partial charge in [0, 0.05) is 38.6 Å². The Hall–Kier alpha value is -2.55. The highest BCUT2D eigenvalue weighted by molar-refractivity contribution is 7.15. The minimum absolute atomic E-state index is 0.0661. The van der Waals surface area contributed by atoms with Crippen molar-refractivity contribution in [2.24, 2.45) is 0 Å². The van der Waals surface area contributed by atoms with Crippen LogP contribution in [0.4, 0.5) is 9.52 Å². The normalized spacial score (nSPS) is 14.5. The Labute approximate surface area is 161 Å². The summed E-state index contributed by atoms with van der Waals surface area (Å²) in [7, 11) is 0. The standard InChI is InChI=1S/C18H22FN5O2S/c1-12(2)20-16(25)17(26)23-7-9-24(10-8-23)18-22-21-15(27-18)11-13-3-5-14(19)6-4-13/h3-6,12H,7-11H2,1-2H3,(H,20,25). The molecule has 1 aromatic heterocycles. The van der Waals surface area contributed by atoms with Crippen molar-refractivity contribution in [1.82, 2.24) is 20.4 Å². The van der Waals surface area contributed by atoms with Gasteiger partial charge in [-0.1, -0.05) is 23.5 Å². The van der Waals surface area contributed by atoms with Crippen LogP contribution in [0.1, 0.15) is 24.4 Å². The summed E-state index contributed by atoms with van der Waals surface area (Å²) >= 11 is 1.49. The first kappa shape index (κ1) is 19.2. The van der Waals surface area contributed by atoms with Crippen molar-refractivity contribution < 1.29 is 14.0 Å². The average molecular weight is 391 g/mol. The van der Waals surface area contributed by atoms with Gasteiger partial charge >= 0.3 is 11.8 Å². The fraction of sp³-hybridized carbons (Fsp3) is 0.444. The van der Waals surface area contributed by atoms with Crippen LogP contribution in [-0.2, 0) is 16.0 Å². The molecule has 0 radical (unpaired) electrons. The van der Waals surface area contributed by atoms with Crippen molar-refractivity contribution in [3.8, 4) is 0 Å². The summed E-state index contributed by atoms with van der Waals surface area (Å²) < 4.78 is 13.0. The Morgan fingerprint density at radius 1 is 1.15 bits per heavy atom. The molecule has 1 aliphatic heterocycles. The molecule has 0 unspecified atom stereocenters. The van der Waals surface area contributed by atoms with Crippen LogP contribution < -0.4 is 10.2 Å². The number of nitrogens with one attached hydrogen (secondary N) is 1. The van der Waals surface area contributed by atoms with E-state index in [0.29, 0.717) is 32.6 Å². The summed E-state index contributed by atoms with van der Waals surface area (Å²) in [4.78, 5) is 27.6. The third-order valence-corrected chi connectivity index (χ3v) is 5.16. The van der Waals surface area contributed by atoms with Crippen LogP contribution in [0.15, 0.2) is 24.3 Å². The summed E-state index contributed by atoms with van der Waals surface area (Å²) in [6, 6.07) is 6.28. The highest BCUT2D eigenvalue weighted by Gasteiger charge is 2.27. The maximum Gasteiger partial charge on any atom is 0.312 e. The lowest BCUT2D eigenvalue weighted by Gasteiger charge is -2.33. The number of rotatable bonds is 4. The van der Waals surface area contributed by atoms with Crippen molar-refractivity contribution >= 4 is 28.3 Å². The molecule has 144 valence electrons. The van der Waals surface area contributed by atoms with Crippen LogP contribution in [0.2, 0.25) is 0 Å². The molecule has 0 atom stereocenters. The Morgan fingerprint density at radius 3 is 2.44 bits per heavy atom. The molecule has 1 fully saturated rings. The van der Waals surface area contributed by atoms with Gasteiger partial charge in [-0.25, -0.2) is 4.39 Å². The number of carbonyl (C=O) groups is 2. The van der Waals surface area contributed by atoms with E-state index in [1.807, 2.05) is 13.8 Å². The Bertz CT molecular complexity index is 800. The van der Waals surface area contributed by atoms with E-state index in [-0.39, 0.29) is 11.9 Å². The number of benzene rings is 1. The Morgan fingerprint density at radius 2 is 1.81 bits per heavy atom. The zero-order valence-electron chi connectivity index (χ0n) is 15.3. The molecule has 2 aromatic rings. The number of hydrogen-bond donors (Lipinski definition) is 1. The fourth-order valence-corrected chi connectivity index (χ4v) is 3.71. The number of amides is 2. The summed E-state index contributed by atoms with van der Waals surface area (Å²) in [5, 5.41) is 12.7. The lowest BCUT2D eigenvalue weighted by Crippen LogP contribution is -2.53. The van der Waals surface area contributed by atoms with E-state index in [2.05, 4.69) is 20.4 Å². The number of carbonyl (C=O) groups excluding carboxylic acids is 2. The second-order valence-electron chi connectivity index (χ2n) is 6.69. The van der Waals surface area contributed by atoms with E-state index in [4.69, 9.17) is 0 Å². The maximum absolute atomic E-state index is 13.0. The second-order valence-corrected chi connectivity index (χ2v) is 7.73. The molecule has 1 saturated heterocycles. The fourth-order valence-electron chi connectivity index (χ4n) is 2.79. The van der Waals surface area contributed by atoms with Gasteiger partial charge < -0.3 is 15.1 Å². The number of nitrogens with zero attached hydrogens (tertiary/aromatic N) is 4. The first-order valence-corrected chi connectivity index (χ1v) is 9.65. The molecule has 27 heavy (non-hydrogen) atoms. The summed E-state index contributed by atoms with van der Waals surface area (Å²) in [6.45, 7) is 5.79. The molecule has 3 rings (SSSR count). The highest BCUT2D eigenvalue weighted by Crippen LogP contribution is 2.23. The van der Waals surface area contributed by atoms with Crippen LogP contribution in [0.3, 0.4) is 0 Å². The third-order valence-electron chi connectivity index (χ3n) is 4.18. The number of halogens is 1.